The summed E-state index contributed by atoms with van der Waals surface area (Å²) in [5, 5.41) is 6.69. The van der Waals surface area contributed by atoms with Crippen LogP contribution in [0.5, 0.6) is 0 Å². The number of sulfonamides is 1. The van der Waals surface area contributed by atoms with Gasteiger partial charge in [-0.25, -0.2) is 12.7 Å². The predicted octanol–water partition coefficient (Wildman–Crippen LogP) is 1.40. The van der Waals surface area contributed by atoms with Crippen LogP contribution in [0.3, 0.4) is 0 Å². The molecule has 1 heterocycles. The molecule has 0 aromatic carbocycles. The van der Waals surface area contributed by atoms with Crippen LogP contribution >= 0.6 is 0 Å². The van der Waals surface area contributed by atoms with Gasteiger partial charge in [0.25, 0.3) is 0 Å². The molecule has 0 atom stereocenters. The van der Waals surface area contributed by atoms with Gasteiger partial charge < -0.3 is 10.6 Å². The van der Waals surface area contributed by atoms with Crippen LogP contribution in [0.2, 0.25) is 0 Å². The first-order valence-electron chi connectivity index (χ1n) is 8.37. The highest BCUT2D eigenvalue weighted by Crippen LogP contribution is 2.18. The number of aliphatic imine (C=N–C) groups is 1. The van der Waals surface area contributed by atoms with E-state index in [1.54, 1.807) is 11.4 Å². The minimum Gasteiger partial charge on any atom is -0.356 e. The Kier molecular flexibility index (Phi) is 8.78. The van der Waals surface area contributed by atoms with Crippen molar-refractivity contribution in [1.82, 2.24) is 14.9 Å². The number of piperidine rings is 1. The van der Waals surface area contributed by atoms with E-state index in [1.807, 2.05) is 0 Å². The number of hydrogen-bond acceptors (Lipinski definition) is 3. The highest BCUT2D eigenvalue weighted by atomic mass is 32.2. The molecule has 0 saturated carbocycles. The SMILES string of the molecule is CCCCCCNC(=NC)NCC1CCN(S(C)(=O)=O)CC1. The van der Waals surface area contributed by atoms with Gasteiger partial charge in [-0.05, 0) is 25.2 Å². The monoisotopic (exact) mass is 332 g/mol. The zero-order valence-electron chi connectivity index (χ0n) is 14.3. The molecule has 1 rings (SSSR count). The number of hydrogen-bond donors (Lipinski definition) is 2. The summed E-state index contributed by atoms with van der Waals surface area (Å²) in [6, 6.07) is 0. The van der Waals surface area contributed by atoms with E-state index < -0.39 is 10.0 Å². The number of nitrogens with one attached hydrogen (secondary N) is 2. The summed E-state index contributed by atoms with van der Waals surface area (Å²) in [6.45, 7) is 5.28. The molecule has 1 saturated heterocycles. The van der Waals surface area contributed by atoms with Gasteiger partial charge in [-0.2, -0.15) is 0 Å². The zero-order valence-corrected chi connectivity index (χ0v) is 15.1. The number of nitrogens with zero attached hydrogens (tertiary/aromatic N) is 2. The fraction of sp³-hybridized carbons (Fsp3) is 0.933. The van der Waals surface area contributed by atoms with Gasteiger partial charge in [-0.1, -0.05) is 26.2 Å². The third kappa shape index (κ3) is 7.45. The van der Waals surface area contributed by atoms with E-state index in [-0.39, 0.29) is 0 Å². The molecule has 0 amide bonds. The van der Waals surface area contributed by atoms with Crippen LogP contribution in [0.1, 0.15) is 45.4 Å². The topological polar surface area (TPSA) is 73.8 Å². The summed E-state index contributed by atoms with van der Waals surface area (Å²) in [4.78, 5) is 4.23. The summed E-state index contributed by atoms with van der Waals surface area (Å²) in [6.07, 6.45) is 8.06. The van der Waals surface area contributed by atoms with Crippen LogP contribution in [-0.4, -0.2) is 58.2 Å². The normalized spacial score (nSPS) is 18.4. The summed E-state index contributed by atoms with van der Waals surface area (Å²) in [7, 11) is -1.24. The first kappa shape index (κ1) is 19.2. The smallest absolute Gasteiger partial charge is 0.211 e. The standard InChI is InChI=1S/C15H32N4O2S/c1-4-5-6-7-10-17-15(16-2)18-13-14-8-11-19(12-9-14)22(3,20)21/h14H,4-13H2,1-3H3,(H2,16,17,18). The van der Waals surface area contributed by atoms with Crippen molar-refractivity contribution in [3.63, 3.8) is 0 Å². The molecule has 0 unspecified atom stereocenters. The minimum atomic E-state index is -3.03. The van der Waals surface area contributed by atoms with E-state index in [0.29, 0.717) is 19.0 Å². The van der Waals surface area contributed by atoms with Gasteiger partial charge in [0.1, 0.15) is 0 Å². The van der Waals surface area contributed by atoms with Crippen molar-refractivity contribution >= 4 is 16.0 Å². The van der Waals surface area contributed by atoms with E-state index in [0.717, 1.165) is 31.9 Å². The van der Waals surface area contributed by atoms with Gasteiger partial charge in [0, 0.05) is 33.2 Å². The van der Waals surface area contributed by atoms with Crippen molar-refractivity contribution in [3.8, 4) is 0 Å². The first-order valence-corrected chi connectivity index (χ1v) is 10.2. The third-order valence-corrected chi connectivity index (χ3v) is 5.45. The van der Waals surface area contributed by atoms with Crippen molar-refractivity contribution in [2.45, 2.75) is 45.4 Å². The fourth-order valence-corrected chi connectivity index (χ4v) is 3.54. The number of rotatable bonds is 8. The highest BCUT2D eigenvalue weighted by molar-refractivity contribution is 7.88. The third-order valence-electron chi connectivity index (χ3n) is 4.15. The van der Waals surface area contributed by atoms with E-state index in [9.17, 15) is 8.42 Å². The predicted molar refractivity (Wildman–Crippen MR) is 92.6 cm³/mol. The van der Waals surface area contributed by atoms with Crippen LogP contribution in [0.25, 0.3) is 0 Å². The molecule has 130 valence electrons. The summed E-state index contributed by atoms with van der Waals surface area (Å²) in [5.41, 5.74) is 0. The first-order chi connectivity index (χ1) is 10.5. The Balaban J connectivity index is 2.19. The molecule has 22 heavy (non-hydrogen) atoms. The van der Waals surface area contributed by atoms with Crippen LogP contribution in [0.4, 0.5) is 0 Å². The molecule has 6 nitrogen and oxygen atoms in total. The Morgan fingerprint density at radius 2 is 1.86 bits per heavy atom. The maximum atomic E-state index is 11.5. The zero-order chi connectivity index (χ0) is 16.4. The van der Waals surface area contributed by atoms with E-state index in [1.165, 1.54) is 31.9 Å². The molecule has 0 spiro atoms. The maximum Gasteiger partial charge on any atom is 0.211 e. The Labute approximate surface area is 135 Å². The second-order valence-corrected chi connectivity index (χ2v) is 8.03. The second-order valence-electron chi connectivity index (χ2n) is 6.05. The van der Waals surface area contributed by atoms with Crippen molar-refractivity contribution in [2.24, 2.45) is 10.9 Å². The molecule has 0 radical (unpaired) electrons. The van der Waals surface area contributed by atoms with Crippen LogP contribution in [0, 0.1) is 5.92 Å². The van der Waals surface area contributed by atoms with Crippen LogP contribution in [-0.2, 0) is 10.0 Å². The van der Waals surface area contributed by atoms with Gasteiger partial charge in [0.05, 0.1) is 6.26 Å². The van der Waals surface area contributed by atoms with E-state index in [2.05, 4.69) is 22.5 Å². The summed E-state index contributed by atoms with van der Waals surface area (Å²) in [5.74, 6) is 1.36. The van der Waals surface area contributed by atoms with Crippen molar-refractivity contribution in [1.29, 1.82) is 0 Å². The molecule has 1 aliphatic rings. The lowest BCUT2D eigenvalue weighted by Crippen LogP contribution is -2.44. The van der Waals surface area contributed by atoms with E-state index >= 15 is 0 Å². The average Bonchev–Trinajstić information content (AvgIpc) is 2.49. The molecule has 7 heteroatoms. The average molecular weight is 333 g/mol. The number of guanidine groups is 1. The highest BCUT2D eigenvalue weighted by Gasteiger charge is 2.24. The molecule has 2 N–H and O–H groups in total. The Bertz CT molecular complexity index is 429. The van der Waals surface area contributed by atoms with Crippen molar-refractivity contribution in [3.05, 3.63) is 0 Å². The van der Waals surface area contributed by atoms with Crippen molar-refractivity contribution < 1.29 is 8.42 Å². The van der Waals surface area contributed by atoms with Gasteiger partial charge >= 0.3 is 0 Å². The lowest BCUT2D eigenvalue weighted by atomic mass is 9.98. The molecule has 0 aromatic rings. The molecule has 1 fully saturated rings. The second kappa shape index (κ2) is 10.0. The van der Waals surface area contributed by atoms with Gasteiger partial charge in [0.2, 0.25) is 10.0 Å². The largest absolute Gasteiger partial charge is 0.356 e. The van der Waals surface area contributed by atoms with Crippen molar-refractivity contribution in [2.75, 3.05) is 39.5 Å². The fourth-order valence-electron chi connectivity index (χ4n) is 2.67. The van der Waals surface area contributed by atoms with E-state index in [4.69, 9.17) is 0 Å². The van der Waals surface area contributed by atoms with Crippen LogP contribution < -0.4 is 10.6 Å². The lowest BCUT2D eigenvalue weighted by Gasteiger charge is -2.30. The lowest BCUT2D eigenvalue weighted by molar-refractivity contribution is 0.275. The minimum absolute atomic E-state index is 0.511. The van der Waals surface area contributed by atoms with Gasteiger partial charge in [0.15, 0.2) is 5.96 Å². The molecule has 0 aromatic heterocycles. The molecule has 0 bridgehead atoms. The van der Waals surface area contributed by atoms with Gasteiger partial charge in [-0.15, -0.1) is 0 Å². The molecule has 1 aliphatic heterocycles. The quantitative estimate of drug-likeness (QED) is 0.400. The van der Waals surface area contributed by atoms with Gasteiger partial charge in [-0.3, -0.25) is 4.99 Å². The van der Waals surface area contributed by atoms with Crippen LogP contribution in [0.15, 0.2) is 4.99 Å². The summed E-state index contributed by atoms with van der Waals surface area (Å²) >= 11 is 0. The summed E-state index contributed by atoms with van der Waals surface area (Å²) < 4.78 is 24.5. The Morgan fingerprint density at radius 3 is 2.41 bits per heavy atom. The molecular weight excluding hydrogens is 300 g/mol. The molecule has 0 aliphatic carbocycles. The Morgan fingerprint density at radius 1 is 1.18 bits per heavy atom. The Hall–Kier alpha value is -0.820. The maximum absolute atomic E-state index is 11.5. The number of unbranched alkanes of at least 4 members (excludes halogenated alkanes) is 3. The molecular formula is C15H32N4O2S.